The molecule has 0 amide bonds. The Morgan fingerprint density at radius 3 is 2.12 bits per heavy atom. The van der Waals surface area contributed by atoms with Crippen molar-refractivity contribution in [3.63, 3.8) is 0 Å². The van der Waals surface area contributed by atoms with E-state index in [2.05, 4.69) is 4.40 Å². The second-order valence-corrected chi connectivity index (χ2v) is 7.99. The molecule has 6 heteroatoms. The summed E-state index contributed by atoms with van der Waals surface area (Å²) in [4.78, 5) is 12.3. The molecule has 0 fully saturated rings. The number of allylic oxidation sites excluding steroid dienone is 2. The summed E-state index contributed by atoms with van der Waals surface area (Å²) in [5.41, 5.74) is 3.23. The van der Waals surface area contributed by atoms with Crippen molar-refractivity contribution in [3.05, 3.63) is 75.3 Å². The molecule has 0 spiro atoms. The van der Waals surface area contributed by atoms with E-state index in [9.17, 15) is 13.2 Å². The van der Waals surface area contributed by atoms with Crippen LogP contribution in [0.15, 0.2) is 56.8 Å². The number of nitrogens with zero attached hydrogens (tertiary/aromatic N) is 1. The number of carbonyl (C=O) groups excluding carboxylic acids is 1. The quantitative estimate of drug-likeness (QED) is 0.795. The number of sulfonamides is 1. The van der Waals surface area contributed by atoms with E-state index in [4.69, 9.17) is 11.6 Å². The van der Waals surface area contributed by atoms with Gasteiger partial charge in [-0.3, -0.25) is 4.79 Å². The van der Waals surface area contributed by atoms with Gasteiger partial charge in [0.15, 0.2) is 0 Å². The van der Waals surface area contributed by atoms with Crippen LogP contribution in [-0.4, -0.2) is 19.9 Å². The fourth-order valence-electron chi connectivity index (χ4n) is 3.12. The zero-order valence-corrected chi connectivity index (χ0v) is 15.6. The highest BCUT2D eigenvalue weighted by Gasteiger charge is 2.26. The molecule has 0 aromatic heterocycles. The van der Waals surface area contributed by atoms with Crippen LogP contribution in [0, 0.1) is 20.8 Å². The molecule has 1 aliphatic rings. The van der Waals surface area contributed by atoms with E-state index in [0.29, 0.717) is 22.3 Å². The second kappa shape index (κ2) is 6.24. The molecule has 0 bridgehead atoms. The fourth-order valence-corrected chi connectivity index (χ4v) is 4.76. The van der Waals surface area contributed by atoms with Gasteiger partial charge in [-0.05, 0) is 38.0 Å². The number of halogens is 1. The first kappa shape index (κ1) is 17.6. The molecular formula is C19H16ClNO3S. The summed E-state index contributed by atoms with van der Waals surface area (Å²) in [6.45, 7) is 5.40. The normalized spacial score (nSPS) is 15.9. The Labute approximate surface area is 151 Å². The van der Waals surface area contributed by atoms with Crippen molar-refractivity contribution >= 4 is 33.1 Å². The predicted molar refractivity (Wildman–Crippen MR) is 99.1 cm³/mol. The van der Waals surface area contributed by atoms with Gasteiger partial charge in [0.25, 0.3) is 10.0 Å². The maximum Gasteiger partial charge on any atom is 0.283 e. The SMILES string of the molecule is Cc1cc(C)c(S(=O)(=O)/N=C2/C=C(Cl)C(=O)c3ccccc32)c(C)c1. The third kappa shape index (κ3) is 3.17. The number of hydrogen-bond donors (Lipinski definition) is 0. The third-order valence-corrected chi connectivity index (χ3v) is 5.89. The van der Waals surface area contributed by atoms with Crippen LogP contribution in [0.3, 0.4) is 0 Å². The topological polar surface area (TPSA) is 63.6 Å². The summed E-state index contributed by atoms with van der Waals surface area (Å²) >= 11 is 5.98. The third-order valence-electron chi connectivity index (χ3n) is 4.01. The molecule has 0 atom stereocenters. The second-order valence-electron chi connectivity index (χ2n) is 6.05. The maximum atomic E-state index is 12.9. The molecule has 0 unspecified atom stereocenters. The molecule has 2 aromatic rings. The number of aryl methyl sites for hydroxylation is 3. The maximum absolute atomic E-state index is 12.9. The zero-order chi connectivity index (χ0) is 18.4. The van der Waals surface area contributed by atoms with Crippen LogP contribution in [0.2, 0.25) is 0 Å². The van der Waals surface area contributed by atoms with Gasteiger partial charge in [0.05, 0.1) is 15.6 Å². The van der Waals surface area contributed by atoms with E-state index >= 15 is 0 Å². The van der Waals surface area contributed by atoms with Gasteiger partial charge in [-0.15, -0.1) is 0 Å². The lowest BCUT2D eigenvalue weighted by atomic mass is 9.94. The summed E-state index contributed by atoms with van der Waals surface area (Å²) in [6.07, 6.45) is 1.31. The van der Waals surface area contributed by atoms with Crippen molar-refractivity contribution in [1.29, 1.82) is 0 Å². The molecule has 0 saturated carbocycles. The van der Waals surface area contributed by atoms with Crippen LogP contribution in [0.25, 0.3) is 0 Å². The first-order valence-corrected chi connectivity index (χ1v) is 9.46. The van der Waals surface area contributed by atoms with Crippen molar-refractivity contribution in [3.8, 4) is 0 Å². The van der Waals surface area contributed by atoms with E-state index in [-0.39, 0.29) is 21.4 Å². The first-order valence-electron chi connectivity index (χ1n) is 7.65. The Morgan fingerprint density at radius 1 is 0.960 bits per heavy atom. The smallest absolute Gasteiger partial charge is 0.283 e. The summed E-state index contributed by atoms with van der Waals surface area (Å²) < 4.78 is 29.8. The van der Waals surface area contributed by atoms with Crippen molar-refractivity contribution in [2.24, 2.45) is 4.40 Å². The average molecular weight is 374 g/mol. The van der Waals surface area contributed by atoms with Gasteiger partial charge in [0.1, 0.15) is 0 Å². The van der Waals surface area contributed by atoms with Gasteiger partial charge < -0.3 is 0 Å². The number of carbonyl (C=O) groups is 1. The van der Waals surface area contributed by atoms with Crippen molar-refractivity contribution in [1.82, 2.24) is 0 Å². The summed E-state index contributed by atoms with van der Waals surface area (Å²) in [5, 5.41) is -0.0509. The summed E-state index contributed by atoms with van der Waals surface area (Å²) in [5.74, 6) is -0.337. The van der Waals surface area contributed by atoms with E-state index in [1.54, 1.807) is 50.2 Å². The minimum absolute atomic E-state index is 0.0509. The summed E-state index contributed by atoms with van der Waals surface area (Å²) in [6, 6.07) is 10.3. The Morgan fingerprint density at radius 2 is 1.52 bits per heavy atom. The number of hydrogen-bond acceptors (Lipinski definition) is 3. The molecule has 0 aliphatic heterocycles. The Kier molecular flexibility index (Phi) is 4.39. The number of rotatable bonds is 2. The molecule has 25 heavy (non-hydrogen) atoms. The highest BCUT2D eigenvalue weighted by molar-refractivity contribution is 7.90. The number of ketones is 1. The van der Waals surface area contributed by atoms with Gasteiger partial charge in [-0.25, -0.2) is 0 Å². The number of fused-ring (bicyclic) bond motifs is 1. The van der Waals surface area contributed by atoms with E-state index in [0.717, 1.165) is 5.56 Å². The van der Waals surface area contributed by atoms with Gasteiger partial charge in [0.2, 0.25) is 5.78 Å². The molecule has 2 aromatic carbocycles. The van der Waals surface area contributed by atoms with Gasteiger partial charge >= 0.3 is 0 Å². The van der Waals surface area contributed by atoms with Gasteiger partial charge in [0, 0.05) is 11.1 Å². The van der Waals surface area contributed by atoms with Gasteiger partial charge in [-0.2, -0.15) is 12.8 Å². The average Bonchev–Trinajstić information content (AvgIpc) is 2.50. The van der Waals surface area contributed by atoms with E-state index < -0.39 is 10.0 Å². The Balaban J connectivity index is 2.23. The van der Waals surface area contributed by atoms with Crippen LogP contribution in [-0.2, 0) is 10.0 Å². The van der Waals surface area contributed by atoms with E-state index in [1.807, 2.05) is 6.92 Å². The van der Waals surface area contributed by atoms with Crippen LogP contribution in [0.1, 0.15) is 32.6 Å². The van der Waals surface area contributed by atoms with Crippen molar-refractivity contribution in [2.75, 3.05) is 0 Å². The van der Waals surface area contributed by atoms with Crippen molar-refractivity contribution in [2.45, 2.75) is 25.7 Å². The molecule has 0 N–H and O–H groups in total. The molecular weight excluding hydrogens is 358 g/mol. The number of Topliss-reactive ketones (excluding diaryl/α,β-unsaturated/α-hetero) is 1. The Hall–Kier alpha value is -2.24. The van der Waals surface area contributed by atoms with Crippen LogP contribution in [0.5, 0.6) is 0 Å². The predicted octanol–water partition coefficient (Wildman–Crippen LogP) is 4.11. The summed E-state index contributed by atoms with van der Waals surface area (Å²) in [7, 11) is -3.95. The number of benzene rings is 2. The van der Waals surface area contributed by atoms with Crippen LogP contribution >= 0.6 is 11.6 Å². The lowest BCUT2D eigenvalue weighted by Gasteiger charge is -2.15. The molecule has 1 aliphatic carbocycles. The highest BCUT2D eigenvalue weighted by Crippen LogP contribution is 2.28. The van der Waals surface area contributed by atoms with Gasteiger partial charge in [-0.1, -0.05) is 53.6 Å². The van der Waals surface area contributed by atoms with E-state index in [1.165, 1.54) is 6.08 Å². The van der Waals surface area contributed by atoms with Crippen LogP contribution in [0.4, 0.5) is 0 Å². The highest BCUT2D eigenvalue weighted by atomic mass is 35.5. The fraction of sp³-hybridized carbons (Fsp3) is 0.158. The first-order chi connectivity index (χ1) is 11.7. The molecule has 0 heterocycles. The molecule has 128 valence electrons. The van der Waals surface area contributed by atoms with Crippen LogP contribution < -0.4 is 0 Å². The minimum Gasteiger partial charge on any atom is -0.288 e. The molecule has 4 nitrogen and oxygen atoms in total. The monoisotopic (exact) mass is 373 g/mol. The van der Waals surface area contributed by atoms with Crippen molar-refractivity contribution < 1.29 is 13.2 Å². The molecule has 3 rings (SSSR count). The Bertz CT molecular complexity index is 1040. The zero-order valence-electron chi connectivity index (χ0n) is 14.0. The minimum atomic E-state index is -3.95. The largest absolute Gasteiger partial charge is 0.288 e. The molecule has 0 radical (unpaired) electrons. The lowest BCUT2D eigenvalue weighted by molar-refractivity contribution is 0.104. The standard InChI is InChI=1S/C19H16ClNO3S/c1-11-8-12(2)19(13(3)9-11)25(23,24)21-17-10-16(20)18(22)15-7-5-4-6-14(15)17/h4-10H,1-3H3/b21-17-. The lowest BCUT2D eigenvalue weighted by Crippen LogP contribution is -2.17. The molecule has 0 saturated heterocycles.